The predicted molar refractivity (Wildman–Crippen MR) is 147 cm³/mol. The number of nitrogens with two attached hydrogens (primary N) is 1. The number of hydrogen-bond acceptors (Lipinski definition) is 6. The molecule has 1 saturated heterocycles. The highest BCUT2D eigenvalue weighted by Crippen LogP contribution is 2.36. The molecule has 204 valence electrons. The number of anilines is 2. The molecule has 38 heavy (non-hydrogen) atoms. The number of rotatable bonds is 6. The van der Waals surface area contributed by atoms with E-state index >= 15 is 0 Å². The predicted octanol–water partition coefficient (Wildman–Crippen LogP) is 4.43. The van der Waals surface area contributed by atoms with Crippen molar-refractivity contribution in [3.8, 4) is 0 Å². The molecule has 1 aliphatic carbocycles. The first-order valence-corrected chi connectivity index (χ1v) is 13.3. The molecule has 1 aliphatic heterocycles. The molecular weight excluding hydrogens is 484 g/mol. The minimum atomic E-state index is -0.608. The van der Waals surface area contributed by atoms with Crippen molar-refractivity contribution in [3.05, 3.63) is 47.4 Å². The zero-order valence-electron chi connectivity index (χ0n) is 22.4. The zero-order chi connectivity index (χ0) is 27.3. The van der Waals surface area contributed by atoms with Crippen molar-refractivity contribution < 1.29 is 19.1 Å². The second-order valence-electron chi connectivity index (χ2n) is 10.9. The third kappa shape index (κ3) is 7.14. The number of allylic oxidation sites excluding steroid dienone is 2. The molecule has 2 aromatic rings. The van der Waals surface area contributed by atoms with Gasteiger partial charge in [-0.15, -0.1) is 0 Å². The van der Waals surface area contributed by atoms with E-state index in [-0.39, 0.29) is 30.0 Å². The van der Waals surface area contributed by atoms with Crippen LogP contribution in [0.1, 0.15) is 87.0 Å². The fraction of sp³-hybridized carbons (Fsp3) is 0.500. The lowest BCUT2D eigenvalue weighted by Gasteiger charge is -2.33. The molecule has 10 heteroatoms. The van der Waals surface area contributed by atoms with E-state index in [1.54, 1.807) is 25.7 Å². The Morgan fingerprint density at radius 2 is 1.95 bits per heavy atom. The van der Waals surface area contributed by atoms with Crippen LogP contribution in [0.2, 0.25) is 0 Å². The van der Waals surface area contributed by atoms with Gasteiger partial charge < -0.3 is 31.0 Å². The number of benzene rings is 1. The van der Waals surface area contributed by atoms with Crippen LogP contribution in [0, 0.1) is 0 Å². The van der Waals surface area contributed by atoms with Gasteiger partial charge in [0.05, 0.1) is 0 Å². The van der Waals surface area contributed by atoms with Crippen LogP contribution in [0.3, 0.4) is 0 Å². The summed E-state index contributed by atoms with van der Waals surface area (Å²) in [6.45, 7) is 6.52. The summed E-state index contributed by atoms with van der Waals surface area (Å²) in [6, 6.07) is 6.22. The van der Waals surface area contributed by atoms with Gasteiger partial charge in [-0.25, -0.2) is 9.78 Å². The van der Waals surface area contributed by atoms with Crippen molar-refractivity contribution in [1.82, 2.24) is 20.2 Å². The second kappa shape index (κ2) is 11.7. The van der Waals surface area contributed by atoms with Crippen LogP contribution in [0.25, 0.3) is 5.57 Å². The summed E-state index contributed by atoms with van der Waals surface area (Å²) in [5.41, 5.74) is 9.28. The highest BCUT2D eigenvalue weighted by Gasteiger charge is 2.26. The number of nitrogens with zero attached hydrogens (tertiary/aromatic N) is 2. The van der Waals surface area contributed by atoms with Gasteiger partial charge in [-0.2, -0.15) is 0 Å². The van der Waals surface area contributed by atoms with Crippen molar-refractivity contribution in [3.63, 3.8) is 0 Å². The Hall–Kier alpha value is -3.82. The first-order valence-electron chi connectivity index (χ1n) is 13.3. The lowest BCUT2D eigenvalue weighted by atomic mass is 9.85. The number of hydrogen-bond donors (Lipinski definition) is 4. The van der Waals surface area contributed by atoms with Gasteiger partial charge >= 0.3 is 6.09 Å². The molecule has 0 spiro atoms. The SMILES string of the molecule is CC(C)(C)OC(=O)NCC(=O)N1CCC(c2ccc(NC(=O)c3nc(N)c[nH]3)c(C3=CCCCC3)c2)CC1. The summed E-state index contributed by atoms with van der Waals surface area (Å²) >= 11 is 0. The van der Waals surface area contributed by atoms with E-state index in [2.05, 4.69) is 38.8 Å². The second-order valence-corrected chi connectivity index (χ2v) is 10.9. The van der Waals surface area contributed by atoms with E-state index in [4.69, 9.17) is 10.5 Å². The largest absolute Gasteiger partial charge is 0.444 e. The molecule has 10 nitrogen and oxygen atoms in total. The molecule has 3 amide bonds. The molecule has 0 atom stereocenters. The number of carbonyl (C=O) groups excluding carboxylic acids is 3. The number of nitrogen functional groups attached to an aromatic ring is 1. The van der Waals surface area contributed by atoms with Crippen LogP contribution in [-0.4, -0.2) is 58.0 Å². The molecule has 4 rings (SSSR count). The maximum atomic E-state index is 12.8. The summed E-state index contributed by atoms with van der Waals surface area (Å²) in [5.74, 6) is 0.299. The van der Waals surface area contributed by atoms with Gasteiger partial charge in [0.2, 0.25) is 5.91 Å². The molecule has 1 fully saturated rings. The van der Waals surface area contributed by atoms with Crippen molar-refractivity contribution in [2.75, 3.05) is 30.7 Å². The van der Waals surface area contributed by atoms with E-state index < -0.39 is 11.7 Å². The van der Waals surface area contributed by atoms with Crippen LogP contribution in [0.5, 0.6) is 0 Å². The average molecular weight is 523 g/mol. The Morgan fingerprint density at radius 3 is 2.58 bits per heavy atom. The van der Waals surface area contributed by atoms with Crippen molar-refractivity contribution >= 4 is 35.0 Å². The van der Waals surface area contributed by atoms with Gasteiger partial charge in [0.15, 0.2) is 5.82 Å². The van der Waals surface area contributed by atoms with Gasteiger partial charge in [0, 0.05) is 30.5 Å². The molecule has 0 radical (unpaired) electrons. The number of aromatic amines is 1. The standard InChI is InChI=1S/C28H38N6O4/c1-28(2,3)38-27(37)31-17-24(35)34-13-11-18(12-14-34)20-9-10-22(21(15-20)19-7-5-4-6-8-19)32-26(36)25-30-16-23(29)33-25/h7,9-10,15-16,18H,4-6,8,11-14,17,29H2,1-3H3,(H,30,33)(H,31,37)(H,32,36). The number of nitrogens with one attached hydrogen (secondary N) is 3. The maximum Gasteiger partial charge on any atom is 0.408 e. The highest BCUT2D eigenvalue weighted by atomic mass is 16.6. The number of piperidine rings is 1. The third-order valence-electron chi connectivity index (χ3n) is 6.84. The number of H-pyrrole nitrogens is 1. The van der Waals surface area contributed by atoms with Crippen LogP contribution >= 0.6 is 0 Å². The van der Waals surface area contributed by atoms with Crippen molar-refractivity contribution in [1.29, 1.82) is 0 Å². The Balaban J connectivity index is 1.41. The molecule has 1 aromatic heterocycles. The molecule has 0 unspecified atom stereocenters. The molecule has 2 heterocycles. The molecule has 5 N–H and O–H groups in total. The van der Waals surface area contributed by atoms with Crippen LogP contribution in [-0.2, 0) is 9.53 Å². The minimum Gasteiger partial charge on any atom is -0.444 e. The Kier molecular flexibility index (Phi) is 8.38. The summed E-state index contributed by atoms with van der Waals surface area (Å²) in [7, 11) is 0. The Morgan fingerprint density at radius 1 is 1.18 bits per heavy atom. The van der Waals surface area contributed by atoms with Crippen molar-refractivity contribution in [2.45, 2.75) is 70.8 Å². The Labute approximate surface area is 223 Å². The Bertz CT molecular complexity index is 1200. The monoisotopic (exact) mass is 522 g/mol. The maximum absolute atomic E-state index is 12.8. The van der Waals surface area contributed by atoms with Gasteiger partial charge in [-0.3, -0.25) is 9.59 Å². The number of carbonyl (C=O) groups is 3. The zero-order valence-corrected chi connectivity index (χ0v) is 22.4. The first kappa shape index (κ1) is 27.2. The molecule has 0 saturated carbocycles. The number of imidazole rings is 1. The summed E-state index contributed by atoms with van der Waals surface area (Å²) < 4.78 is 5.21. The smallest absolute Gasteiger partial charge is 0.408 e. The van der Waals surface area contributed by atoms with Gasteiger partial charge in [-0.05, 0) is 88.5 Å². The van der Waals surface area contributed by atoms with Crippen LogP contribution < -0.4 is 16.4 Å². The molecule has 0 bridgehead atoms. The number of amides is 3. The topological polar surface area (TPSA) is 142 Å². The quantitative estimate of drug-likeness (QED) is 0.442. The molecule has 2 aliphatic rings. The van der Waals surface area contributed by atoms with Crippen LogP contribution in [0.4, 0.5) is 16.3 Å². The minimum absolute atomic E-state index is 0.0758. The highest BCUT2D eigenvalue weighted by molar-refractivity contribution is 6.03. The van der Waals surface area contributed by atoms with E-state index in [1.165, 1.54) is 23.8 Å². The van der Waals surface area contributed by atoms with Crippen molar-refractivity contribution in [2.24, 2.45) is 0 Å². The fourth-order valence-corrected chi connectivity index (χ4v) is 4.94. The van der Waals surface area contributed by atoms with E-state index in [0.717, 1.165) is 43.4 Å². The van der Waals surface area contributed by atoms with Gasteiger partial charge in [-0.1, -0.05) is 12.1 Å². The molecular formula is C28H38N6O4. The average Bonchev–Trinajstić information content (AvgIpc) is 3.33. The lowest BCUT2D eigenvalue weighted by molar-refractivity contribution is -0.131. The number of alkyl carbamates (subject to hydrolysis) is 1. The van der Waals surface area contributed by atoms with Crippen LogP contribution in [0.15, 0.2) is 30.5 Å². The van der Waals surface area contributed by atoms with E-state index in [1.807, 2.05) is 6.07 Å². The molecule has 1 aromatic carbocycles. The normalized spacial score (nSPS) is 16.5. The number of aromatic nitrogens is 2. The van der Waals surface area contributed by atoms with Gasteiger partial charge in [0.25, 0.3) is 5.91 Å². The number of likely N-dealkylation sites (tertiary alicyclic amines) is 1. The lowest BCUT2D eigenvalue weighted by Crippen LogP contribution is -2.44. The third-order valence-corrected chi connectivity index (χ3v) is 6.84. The summed E-state index contributed by atoms with van der Waals surface area (Å²) in [5, 5.41) is 5.55. The first-order chi connectivity index (χ1) is 18.1. The summed E-state index contributed by atoms with van der Waals surface area (Å²) in [6.07, 6.45) is 9.11. The van der Waals surface area contributed by atoms with Gasteiger partial charge in [0.1, 0.15) is 18.0 Å². The fourth-order valence-electron chi connectivity index (χ4n) is 4.94. The van der Waals surface area contributed by atoms with E-state index in [9.17, 15) is 14.4 Å². The summed E-state index contributed by atoms with van der Waals surface area (Å²) in [4.78, 5) is 45.9. The van der Waals surface area contributed by atoms with E-state index in [0.29, 0.717) is 19.0 Å². The number of ether oxygens (including phenoxy) is 1.